The van der Waals surface area contributed by atoms with Crippen molar-refractivity contribution in [1.82, 2.24) is 9.88 Å². The van der Waals surface area contributed by atoms with Crippen molar-refractivity contribution < 1.29 is 13.2 Å². The minimum absolute atomic E-state index is 0.448. The zero-order valence-corrected chi connectivity index (χ0v) is 7.23. The van der Waals surface area contributed by atoms with E-state index in [2.05, 4.69) is 5.32 Å². The summed E-state index contributed by atoms with van der Waals surface area (Å²) in [5.74, 6) is 0. The number of alkyl halides is 3. The lowest BCUT2D eigenvalue weighted by Crippen LogP contribution is -2.20. The lowest BCUT2D eigenvalue weighted by Gasteiger charge is -2.11. The van der Waals surface area contributed by atoms with E-state index in [-0.39, 0.29) is 0 Å². The van der Waals surface area contributed by atoms with Gasteiger partial charge in [0.05, 0.1) is 0 Å². The van der Waals surface area contributed by atoms with Crippen LogP contribution in [-0.4, -0.2) is 17.8 Å². The van der Waals surface area contributed by atoms with Gasteiger partial charge in [-0.1, -0.05) is 0 Å². The van der Waals surface area contributed by atoms with Gasteiger partial charge in [-0.25, -0.2) is 0 Å². The van der Waals surface area contributed by atoms with Gasteiger partial charge in [-0.05, 0) is 19.2 Å². The number of aromatic nitrogens is 1. The first-order valence-electron chi connectivity index (χ1n) is 3.88. The molecule has 0 fully saturated rings. The van der Waals surface area contributed by atoms with Crippen LogP contribution >= 0.6 is 0 Å². The monoisotopic (exact) mass is 192 g/mol. The fourth-order valence-electron chi connectivity index (χ4n) is 1.14. The van der Waals surface area contributed by atoms with E-state index >= 15 is 0 Å². The molecule has 1 N–H and O–H groups in total. The molecule has 0 bridgehead atoms. The Bertz CT molecular complexity index is 265. The van der Waals surface area contributed by atoms with Crippen molar-refractivity contribution >= 4 is 0 Å². The van der Waals surface area contributed by atoms with Gasteiger partial charge in [-0.2, -0.15) is 13.2 Å². The molecule has 0 saturated carbocycles. The summed E-state index contributed by atoms with van der Waals surface area (Å²) >= 11 is 0. The minimum atomic E-state index is -4.15. The molecule has 0 aromatic carbocycles. The Morgan fingerprint density at radius 1 is 1.46 bits per heavy atom. The molecule has 2 nitrogen and oxygen atoms in total. The number of nitrogens with one attached hydrogen (secondary N) is 1. The lowest BCUT2D eigenvalue weighted by molar-refractivity contribution is -0.140. The molecule has 0 aliphatic carbocycles. The van der Waals surface area contributed by atoms with E-state index in [1.807, 2.05) is 0 Å². The molecular formula is C8H11F3N2. The van der Waals surface area contributed by atoms with Gasteiger partial charge in [0.15, 0.2) is 0 Å². The van der Waals surface area contributed by atoms with E-state index in [1.54, 1.807) is 19.2 Å². The van der Waals surface area contributed by atoms with E-state index in [1.165, 1.54) is 10.8 Å². The van der Waals surface area contributed by atoms with Crippen LogP contribution in [0.4, 0.5) is 13.2 Å². The van der Waals surface area contributed by atoms with Crippen LogP contribution in [0.5, 0.6) is 0 Å². The number of hydrogen-bond acceptors (Lipinski definition) is 1. The smallest absolute Gasteiger partial charge is 0.341 e. The Balaban J connectivity index is 2.70. The molecule has 0 aliphatic heterocycles. The van der Waals surface area contributed by atoms with Crippen molar-refractivity contribution in [1.29, 1.82) is 0 Å². The third-order valence-electron chi connectivity index (χ3n) is 1.63. The summed E-state index contributed by atoms with van der Waals surface area (Å²) in [5.41, 5.74) is 0.639. The van der Waals surface area contributed by atoms with Crippen LogP contribution in [0.15, 0.2) is 18.3 Å². The summed E-state index contributed by atoms with van der Waals surface area (Å²) in [4.78, 5) is 0. The number of hydrogen-bond donors (Lipinski definition) is 1. The second-order valence-electron chi connectivity index (χ2n) is 2.77. The lowest BCUT2D eigenvalue weighted by atomic mass is 10.4. The number of nitrogens with zero attached hydrogens (tertiary/aromatic N) is 1. The zero-order chi connectivity index (χ0) is 9.90. The summed E-state index contributed by atoms with van der Waals surface area (Å²) in [6.45, 7) is -0.472. The third-order valence-corrected chi connectivity index (χ3v) is 1.63. The predicted molar refractivity (Wildman–Crippen MR) is 43.3 cm³/mol. The van der Waals surface area contributed by atoms with E-state index in [0.29, 0.717) is 12.2 Å². The largest absolute Gasteiger partial charge is 0.406 e. The van der Waals surface area contributed by atoms with E-state index in [0.717, 1.165) is 0 Å². The van der Waals surface area contributed by atoms with Gasteiger partial charge in [0, 0.05) is 18.4 Å². The van der Waals surface area contributed by atoms with E-state index in [4.69, 9.17) is 0 Å². The highest BCUT2D eigenvalue weighted by Crippen LogP contribution is 2.18. The van der Waals surface area contributed by atoms with Crippen LogP contribution < -0.4 is 5.32 Å². The van der Waals surface area contributed by atoms with Crippen molar-refractivity contribution in [3.63, 3.8) is 0 Å². The molecule has 0 atom stereocenters. The highest BCUT2D eigenvalue weighted by Gasteiger charge is 2.28. The van der Waals surface area contributed by atoms with Gasteiger partial charge >= 0.3 is 6.18 Å². The normalized spacial score (nSPS) is 12.0. The average Bonchev–Trinajstić information content (AvgIpc) is 2.34. The zero-order valence-electron chi connectivity index (χ0n) is 7.23. The van der Waals surface area contributed by atoms with Gasteiger partial charge in [0.25, 0.3) is 0 Å². The summed E-state index contributed by atoms with van der Waals surface area (Å²) in [7, 11) is 1.70. The van der Waals surface area contributed by atoms with Crippen LogP contribution in [0.1, 0.15) is 5.69 Å². The summed E-state index contributed by atoms with van der Waals surface area (Å²) in [6.07, 6.45) is -2.72. The van der Waals surface area contributed by atoms with Crippen LogP contribution in [0.25, 0.3) is 0 Å². The molecule has 1 rings (SSSR count). The summed E-state index contributed by atoms with van der Waals surface area (Å²) in [6, 6.07) is 3.28. The van der Waals surface area contributed by atoms with Gasteiger partial charge < -0.3 is 9.88 Å². The van der Waals surface area contributed by atoms with Crippen molar-refractivity contribution in [3.05, 3.63) is 24.0 Å². The topological polar surface area (TPSA) is 17.0 Å². The Hall–Kier alpha value is -0.970. The molecule has 0 amide bonds. The fraction of sp³-hybridized carbons (Fsp3) is 0.500. The molecule has 13 heavy (non-hydrogen) atoms. The first-order chi connectivity index (χ1) is 6.03. The van der Waals surface area contributed by atoms with Crippen molar-refractivity contribution in [2.24, 2.45) is 0 Å². The SMILES string of the molecule is CNCc1cccn1CC(F)(F)F. The molecule has 0 aliphatic rings. The van der Waals surface area contributed by atoms with Gasteiger partial charge in [-0.15, -0.1) is 0 Å². The molecule has 1 heterocycles. The number of halogens is 3. The molecule has 1 aromatic rings. The van der Waals surface area contributed by atoms with Gasteiger partial charge in [0.2, 0.25) is 0 Å². The van der Waals surface area contributed by atoms with Crippen molar-refractivity contribution in [2.45, 2.75) is 19.3 Å². The van der Waals surface area contributed by atoms with Gasteiger partial charge in [0.1, 0.15) is 6.54 Å². The molecular weight excluding hydrogens is 181 g/mol. The van der Waals surface area contributed by atoms with Gasteiger partial charge in [-0.3, -0.25) is 0 Å². The summed E-state index contributed by atoms with van der Waals surface area (Å²) in [5, 5.41) is 2.81. The minimum Gasteiger partial charge on any atom is -0.341 e. The van der Waals surface area contributed by atoms with Crippen molar-refractivity contribution in [2.75, 3.05) is 7.05 Å². The molecule has 0 radical (unpaired) electrons. The maximum atomic E-state index is 12.0. The third kappa shape index (κ3) is 3.10. The number of rotatable bonds is 3. The standard InChI is InChI=1S/C8H11F3N2/c1-12-5-7-3-2-4-13(7)6-8(9,10)11/h2-4,12H,5-6H2,1H3. The Labute approximate surface area is 74.4 Å². The van der Waals surface area contributed by atoms with Crippen LogP contribution in [-0.2, 0) is 13.1 Å². The Morgan fingerprint density at radius 3 is 2.69 bits per heavy atom. The quantitative estimate of drug-likeness (QED) is 0.772. The van der Waals surface area contributed by atoms with E-state index < -0.39 is 12.7 Å². The molecule has 74 valence electrons. The van der Waals surface area contributed by atoms with Crippen molar-refractivity contribution in [3.8, 4) is 0 Å². The maximum absolute atomic E-state index is 12.0. The Kier molecular flexibility index (Phi) is 2.98. The molecule has 0 spiro atoms. The van der Waals surface area contributed by atoms with Crippen LogP contribution in [0, 0.1) is 0 Å². The molecule has 1 aromatic heterocycles. The van der Waals surface area contributed by atoms with Crippen LogP contribution in [0.3, 0.4) is 0 Å². The average molecular weight is 192 g/mol. The first-order valence-corrected chi connectivity index (χ1v) is 3.88. The molecule has 0 unspecified atom stereocenters. The molecule has 5 heteroatoms. The maximum Gasteiger partial charge on any atom is 0.406 e. The van der Waals surface area contributed by atoms with E-state index in [9.17, 15) is 13.2 Å². The first kappa shape index (κ1) is 10.1. The fourth-order valence-corrected chi connectivity index (χ4v) is 1.14. The molecule has 0 saturated heterocycles. The highest BCUT2D eigenvalue weighted by atomic mass is 19.4. The second kappa shape index (κ2) is 3.83. The van der Waals surface area contributed by atoms with Crippen LogP contribution in [0.2, 0.25) is 0 Å². The Morgan fingerprint density at radius 2 is 2.15 bits per heavy atom. The highest BCUT2D eigenvalue weighted by molar-refractivity contribution is 5.07. The predicted octanol–water partition coefficient (Wildman–Crippen LogP) is 1.77. The summed E-state index contributed by atoms with van der Waals surface area (Å²) < 4.78 is 37.2. The second-order valence-corrected chi connectivity index (χ2v) is 2.77.